The molecule has 5 heteroatoms. The van der Waals surface area contributed by atoms with Crippen LogP contribution in [-0.2, 0) is 9.59 Å². The number of nitrogens with one attached hydrogen (secondary N) is 1. The molecule has 0 bridgehead atoms. The lowest BCUT2D eigenvalue weighted by Crippen LogP contribution is -2.45. The molecular weight excluding hydrogens is 266 g/mol. The number of halogens is 1. The van der Waals surface area contributed by atoms with E-state index in [1.807, 2.05) is 0 Å². The van der Waals surface area contributed by atoms with Crippen LogP contribution in [0.25, 0.3) is 0 Å². The molecule has 1 unspecified atom stereocenters. The summed E-state index contributed by atoms with van der Waals surface area (Å²) in [5, 5.41) is 12.2. The predicted octanol–water partition coefficient (Wildman–Crippen LogP) is 2.67. The van der Waals surface area contributed by atoms with Gasteiger partial charge in [0.15, 0.2) is 0 Å². The van der Waals surface area contributed by atoms with Crippen LogP contribution in [0.4, 0.5) is 0 Å². The SMILES string of the molecule is CC(C(=O)N[C@@H](C(=O)O)C(C)C)c1cccc(Cl)c1. The van der Waals surface area contributed by atoms with Gasteiger partial charge in [-0.05, 0) is 30.5 Å². The average Bonchev–Trinajstić information content (AvgIpc) is 2.33. The molecule has 104 valence electrons. The van der Waals surface area contributed by atoms with Crippen molar-refractivity contribution in [1.82, 2.24) is 5.32 Å². The second-order valence-corrected chi connectivity index (χ2v) is 5.28. The lowest BCUT2D eigenvalue weighted by Gasteiger charge is -2.20. The molecule has 0 spiro atoms. The summed E-state index contributed by atoms with van der Waals surface area (Å²) in [4.78, 5) is 23.1. The molecule has 1 aromatic carbocycles. The van der Waals surface area contributed by atoms with Gasteiger partial charge in [0.1, 0.15) is 6.04 Å². The summed E-state index contributed by atoms with van der Waals surface area (Å²) in [6.45, 7) is 5.23. The van der Waals surface area contributed by atoms with Crippen LogP contribution in [0.5, 0.6) is 0 Å². The van der Waals surface area contributed by atoms with E-state index in [1.54, 1.807) is 45.0 Å². The van der Waals surface area contributed by atoms with Crippen LogP contribution in [0.3, 0.4) is 0 Å². The monoisotopic (exact) mass is 283 g/mol. The van der Waals surface area contributed by atoms with E-state index < -0.39 is 17.9 Å². The third kappa shape index (κ3) is 4.24. The van der Waals surface area contributed by atoms with Gasteiger partial charge in [-0.25, -0.2) is 4.79 Å². The van der Waals surface area contributed by atoms with Crippen molar-refractivity contribution >= 4 is 23.5 Å². The molecule has 1 aromatic rings. The molecule has 0 fully saturated rings. The summed E-state index contributed by atoms with van der Waals surface area (Å²) in [7, 11) is 0. The largest absolute Gasteiger partial charge is 0.480 e. The molecule has 0 heterocycles. The molecule has 0 saturated carbocycles. The zero-order chi connectivity index (χ0) is 14.6. The summed E-state index contributed by atoms with van der Waals surface area (Å²) in [6.07, 6.45) is 0. The number of carboxylic acid groups (broad SMARTS) is 1. The smallest absolute Gasteiger partial charge is 0.326 e. The van der Waals surface area contributed by atoms with Crippen LogP contribution in [0.15, 0.2) is 24.3 Å². The van der Waals surface area contributed by atoms with E-state index in [2.05, 4.69) is 5.32 Å². The highest BCUT2D eigenvalue weighted by atomic mass is 35.5. The van der Waals surface area contributed by atoms with E-state index >= 15 is 0 Å². The number of benzene rings is 1. The van der Waals surface area contributed by atoms with E-state index in [0.29, 0.717) is 5.02 Å². The number of rotatable bonds is 5. The molecule has 1 amide bonds. The van der Waals surface area contributed by atoms with Gasteiger partial charge in [-0.2, -0.15) is 0 Å². The molecule has 2 N–H and O–H groups in total. The Balaban J connectivity index is 2.80. The first-order chi connectivity index (χ1) is 8.82. The van der Waals surface area contributed by atoms with Crippen LogP contribution < -0.4 is 5.32 Å². The summed E-state index contributed by atoms with van der Waals surface area (Å²) >= 11 is 5.87. The molecule has 2 atom stereocenters. The normalized spacial score (nSPS) is 13.9. The van der Waals surface area contributed by atoms with E-state index in [1.165, 1.54) is 0 Å². The molecule has 4 nitrogen and oxygen atoms in total. The van der Waals surface area contributed by atoms with Crippen molar-refractivity contribution in [3.05, 3.63) is 34.9 Å². The molecule has 19 heavy (non-hydrogen) atoms. The minimum Gasteiger partial charge on any atom is -0.480 e. The maximum atomic E-state index is 12.1. The highest BCUT2D eigenvalue weighted by Gasteiger charge is 2.26. The number of aliphatic carboxylic acids is 1. The van der Waals surface area contributed by atoms with Gasteiger partial charge in [0.25, 0.3) is 0 Å². The predicted molar refractivity (Wildman–Crippen MR) is 74.3 cm³/mol. The number of amides is 1. The Morgan fingerprint density at radius 2 is 1.89 bits per heavy atom. The fraction of sp³-hybridized carbons (Fsp3) is 0.429. The molecule has 0 aliphatic heterocycles. The highest BCUT2D eigenvalue weighted by molar-refractivity contribution is 6.30. The summed E-state index contributed by atoms with van der Waals surface area (Å²) in [5.41, 5.74) is 0.762. The van der Waals surface area contributed by atoms with Crippen LogP contribution in [0, 0.1) is 5.92 Å². The maximum Gasteiger partial charge on any atom is 0.326 e. The Morgan fingerprint density at radius 3 is 2.37 bits per heavy atom. The quantitative estimate of drug-likeness (QED) is 0.873. The topological polar surface area (TPSA) is 66.4 Å². The van der Waals surface area contributed by atoms with Gasteiger partial charge in [0.05, 0.1) is 5.92 Å². The second-order valence-electron chi connectivity index (χ2n) is 4.85. The number of hydrogen-bond donors (Lipinski definition) is 2. The standard InChI is InChI=1S/C14H18ClNO3/c1-8(2)12(14(18)19)16-13(17)9(3)10-5-4-6-11(15)7-10/h4-9,12H,1-3H3,(H,16,17)(H,18,19)/t9?,12-/m1/s1. The minimum atomic E-state index is -1.03. The lowest BCUT2D eigenvalue weighted by molar-refractivity contribution is -0.143. The van der Waals surface area contributed by atoms with Gasteiger partial charge in [0.2, 0.25) is 5.91 Å². The maximum absolute atomic E-state index is 12.1. The zero-order valence-electron chi connectivity index (χ0n) is 11.2. The van der Waals surface area contributed by atoms with E-state index in [4.69, 9.17) is 16.7 Å². The van der Waals surface area contributed by atoms with Crippen molar-refractivity contribution in [3.8, 4) is 0 Å². The van der Waals surface area contributed by atoms with Crippen molar-refractivity contribution in [1.29, 1.82) is 0 Å². The fourth-order valence-electron chi connectivity index (χ4n) is 1.72. The zero-order valence-corrected chi connectivity index (χ0v) is 11.9. The van der Waals surface area contributed by atoms with Crippen LogP contribution >= 0.6 is 11.6 Å². The van der Waals surface area contributed by atoms with Crippen LogP contribution in [-0.4, -0.2) is 23.0 Å². The molecule has 1 rings (SSSR count). The summed E-state index contributed by atoms with van der Waals surface area (Å²) in [5.74, 6) is -1.96. The lowest BCUT2D eigenvalue weighted by atomic mass is 9.98. The van der Waals surface area contributed by atoms with Crippen LogP contribution in [0.2, 0.25) is 5.02 Å². The molecule has 0 aliphatic rings. The van der Waals surface area contributed by atoms with Gasteiger partial charge in [-0.15, -0.1) is 0 Å². The van der Waals surface area contributed by atoms with Crippen molar-refractivity contribution in [3.63, 3.8) is 0 Å². The van der Waals surface area contributed by atoms with Gasteiger partial charge < -0.3 is 10.4 Å². The Morgan fingerprint density at radius 1 is 1.26 bits per heavy atom. The molecular formula is C14H18ClNO3. The minimum absolute atomic E-state index is 0.173. The van der Waals surface area contributed by atoms with Crippen molar-refractivity contribution < 1.29 is 14.7 Å². The second kappa shape index (κ2) is 6.57. The molecule has 0 aliphatic carbocycles. The molecule has 0 aromatic heterocycles. The number of carbonyl (C=O) groups excluding carboxylic acids is 1. The van der Waals surface area contributed by atoms with Gasteiger partial charge in [-0.3, -0.25) is 4.79 Å². The first-order valence-electron chi connectivity index (χ1n) is 6.11. The average molecular weight is 284 g/mol. The number of hydrogen-bond acceptors (Lipinski definition) is 2. The highest BCUT2D eigenvalue weighted by Crippen LogP contribution is 2.20. The first kappa shape index (κ1) is 15.5. The Labute approximate surface area is 117 Å². The fourth-order valence-corrected chi connectivity index (χ4v) is 1.92. The van der Waals surface area contributed by atoms with Crippen molar-refractivity contribution in [2.75, 3.05) is 0 Å². The van der Waals surface area contributed by atoms with Gasteiger partial charge >= 0.3 is 5.97 Å². The Hall–Kier alpha value is -1.55. The number of carbonyl (C=O) groups is 2. The third-order valence-electron chi connectivity index (χ3n) is 2.97. The van der Waals surface area contributed by atoms with Gasteiger partial charge in [-0.1, -0.05) is 37.6 Å². The van der Waals surface area contributed by atoms with Crippen molar-refractivity contribution in [2.24, 2.45) is 5.92 Å². The molecule has 0 radical (unpaired) electrons. The summed E-state index contributed by atoms with van der Waals surface area (Å²) < 4.78 is 0. The van der Waals surface area contributed by atoms with E-state index in [-0.39, 0.29) is 11.8 Å². The third-order valence-corrected chi connectivity index (χ3v) is 3.21. The van der Waals surface area contributed by atoms with E-state index in [9.17, 15) is 9.59 Å². The first-order valence-corrected chi connectivity index (χ1v) is 6.49. The molecule has 0 saturated heterocycles. The van der Waals surface area contributed by atoms with Crippen molar-refractivity contribution in [2.45, 2.75) is 32.7 Å². The summed E-state index contributed by atoms with van der Waals surface area (Å²) in [6, 6.07) is 6.11. The number of carboxylic acids is 1. The Bertz CT molecular complexity index is 474. The van der Waals surface area contributed by atoms with E-state index in [0.717, 1.165) is 5.56 Å². The van der Waals surface area contributed by atoms with Gasteiger partial charge in [0, 0.05) is 5.02 Å². The Kier molecular flexibility index (Phi) is 5.36. The van der Waals surface area contributed by atoms with Crippen LogP contribution in [0.1, 0.15) is 32.3 Å².